The summed E-state index contributed by atoms with van der Waals surface area (Å²) in [5.74, 6) is -6.25. The minimum atomic E-state index is -1.32. The number of carbonyl (C=O) groups is 11. The Kier molecular flexibility index (Phi) is 37.6. The van der Waals surface area contributed by atoms with Gasteiger partial charge in [-0.1, -0.05) is 12.8 Å². The summed E-state index contributed by atoms with van der Waals surface area (Å²) < 4.78 is 0. The zero-order valence-electron chi connectivity index (χ0n) is 42.2. The van der Waals surface area contributed by atoms with E-state index in [0.717, 1.165) is 19.4 Å². The van der Waals surface area contributed by atoms with Crippen molar-refractivity contribution >= 4 is 77.8 Å². The van der Waals surface area contributed by atoms with Crippen molar-refractivity contribution in [3.05, 3.63) is 0 Å². The molecule has 23 nitrogen and oxygen atoms in total. The fourth-order valence-electron chi connectivity index (χ4n) is 7.76. The third-order valence-corrected chi connectivity index (χ3v) is 12.4. The van der Waals surface area contributed by atoms with Gasteiger partial charge in [-0.25, -0.2) is 9.59 Å². The molecule has 72 heavy (non-hydrogen) atoms. The van der Waals surface area contributed by atoms with Gasteiger partial charge < -0.3 is 75.8 Å². The molecule has 0 heterocycles. The van der Waals surface area contributed by atoms with Crippen molar-refractivity contribution in [3.8, 4) is 0 Å². The number of carboxylic acid groups (broad SMARTS) is 3. The van der Waals surface area contributed by atoms with Crippen molar-refractivity contribution < 1.29 is 101 Å². The second-order valence-corrected chi connectivity index (χ2v) is 18.5. The number of nitrogens with one attached hydrogen (secondary N) is 9. The maximum atomic E-state index is 13.2. The first kappa shape index (κ1) is 67.6. The zero-order chi connectivity index (χ0) is 53.1. The van der Waals surface area contributed by atoms with E-state index in [-0.39, 0.29) is 125 Å². The van der Waals surface area contributed by atoms with Crippen LogP contribution < -0.4 is 47.9 Å². The number of ketones is 1. The number of rotatable bonds is 39. The maximum Gasteiger partial charge on any atom is 0.326 e. The molecular formula is C47H80N9O14SY-. The molecule has 0 aromatic heterocycles. The van der Waals surface area contributed by atoms with Crippen molar-refractivity contribution in [2.24, 2.45) is 11.8 Å². The van der Waals surface area contributed by atoms with Crippen LogP contribution in [0.15, 0.2) is 0 Å². The average Bonchev–Trinajstić information content (AvgIpc) is 3.32. The molecule has 25 heteroatoms. The second-order valence-electron chi connectivity index (χ2n) is 18.2. The summed E-state index contributed by atoms with van der Waals surface area (Å²) in [6.45, 7) is 4.89. The number of Topliss-reactive ketones (excluding diaryl/α,β-unsaturated/α-hetero) is 1. The molecule has 1 radical (unpaired) electrons. The summed E-state index contributed by atoms with van der Waals surface area (Å²) in [4.78, 5) is 134. The van der Waals surface area contributed by atoms with Crippen LogP contribution in [0.5, 0.6) is 0 Å². The molecule has 407 valence electrons. The van der Waals surface area contributed by atoms with Crippen molar-refractivity contribution in [3.63, 3.8) is 0 Å². The van der Waals surface area contributed by atoms with Crippen LogP contribution in [-0.2, 0) is 93.3 Å². The standard InChI is InChI=1S/C47H81N9O14S.Y/c1-30(15-23-41(61)62)52-47(70)56-36(46(68)69)20-22-38(58)51-28-32-16-18-33(19-17-32)43(65)49-26-9-4-7-14-40(60)54-35(21-24-42(63)64)45(67)55-37(29-71)44(66)50-27-10-5-6-13-39(59)53-34(31(2)57)12-8-11-25-48-3;/h30,32-37,48,71H,4-29H2,1-3H3,(H,49,65)(H,50,66)(H,51,58)(H,53,59)(H,54,60)(H,55,67)(H,61,62)(H,63,64)(H,68,69)(H2,52,56,70);/p-1. The van der Waals surface area contributed by atoms with Gasteiger partial charge in [-0.3, -0.25) is 43.2 Å². The number of aliphatic carboxylic acids is 3. The molecule has 0 aromatic rings. The van der Waals surface area contributed by atoms with Crippen molar-refractivity contribution in [2.45, 2.75) is 179 Å². The molecule has 5 atom stereocenters. The van der Waals surface area contributed by atoms with E-state index in [1.165, 1.54) is 6.92 Å². The van der Waals surface area contributed by atoms with Gasteiger partial charge in [-0.05, 0) is 123 Å². The normalized spacial score (nSPS) is 16.1. The Hall–Kier alpha value is -4.42. The minimum absolute atomic E-state index is 0. The van der Waals surface area contributed by atoms with Gasteiger partial charge >= 0.3 is 23.9 Å². The number of hydrogen-bond donors (Lipinski definition) is 12. The summed E-state index contributed by atoms with van der Waals surface area (Å²) in [5.41, 5.74) is 0. The molecule has 0 aliphatic heterocycles. The quantitative estimate of drug-likeness (QED) is 0.0300. The summed E-state index contributed by atoms with van der Waals surface area (Å²) in [5, 5.41) is 51.7. The molecule has 1 saturated carbocycles. The molecule has 0 aromatic carbocycles. The topological polar surface area (TPSA) is 357 Å². The largest absolute Gasteiger partial charge is 0.790 e. The fourth-order valence-corrected chi connectivity index (χ4v) is 8.00. The van der Waals surface area contributed by atoms with E-state index in [4.69, 9.17) is 17.7 Å². The first-order valence-corrected chi connectivity index (χ1v) is 25.5. The molecule has 1 aliphatic rings. The van der Waals surface area contributed by atoms with E-state index >= 15 is 0 Å². The zero-order valence-corrected chi connectivity index (χ0v) is 45.9. The van der Waals surface area contributed by atoms with Gasteiger partial charge in [-0.2, -0.15) is 0 Å². The predicted octanol–water partition coefficient (Wildman–Crippen LogP) is 0.890. The van der Waals surface area contributed by atoms with Crippen LogP contribution in [0.1, 0.15) is 149 Å². The smallest absolute Gasteiger partial charge is 0.326 e. The van der Waals surface area contributed by atoms with Crippen LogP contribution in [0.25, 0.3) is 0 Å². The van der Waals surface area contributed by atoms with E-state index < -0.39 is 78.3 Å². The summed E-state index contributed by atoms with van der Waals surface area (Å²) in [6.07, 6.45) is 7.60. The van der Waals surface area contributed by atoms with Gasteiger partial charge in [0.15, 0.2) is 5.78 Å². The third-order valence-electron chi connectivity index (χ3n) is 12.1. The first-order chi connectivity index (χ1) is 33.7. The van der Waals surface area contributed by atoms with Gasteiger partial charge in [0.1, 0.15) is 12.1 Å². The Morgan fingerprint density at radius 1 is 0.528 bits per heavy atom. The van der Waals surface area contributed by atoms with Crippen molar-refractivity contribution in [2.75, 3.05) is 39.0 Å². The summed E-state index contributed by atoms with van der Waals surface area (Å²) in [7, 11) is 1.85. The molecule has 8 amide bonds. The van der Waals surface area contributed by atoms with Crippen LogP contribution >= 0.6 is 0 Å². The Balaban J connectivity index is 0.0000504. The maximum absolute atomic E-state index is 13.2. The number of carbonyl (C=O) groups excluding carboxylic acids is 8. The number of urea groups is 1. The summed E-state index contributed by atoms with van der Waals surface area (Å²) >= 11 is 5.10. The van der Waals surface area contributed by atoms with Crippen molar-refractivity contribution in [1.82, 2.24) is 47.9 Å². The van der Waals surface area contributed by atoms with Crippen LogP contribution in [-0.4, -0.2) is 150 Å². The van der Waals surface area contributed by atoms with E-state index in [1.54, 1.807) is 6.92 Å². The number of hydrogen-bond acceptors (Lipinski definition) is 13. The van der Waals surface area contributed by atoms with E-state index in [0.29, 0.717) is 83.7 Å². The van der Waals surface area contributed by atoms with Gasteiger partial charge in [0.2, 0.25) is 35.4 Å². The average molecular weight is 1120 g/mol. The molecule has 0 saturated heterocycles. The molecule has 5 unspecified atom stereocenters. The monoisotopic (exact) mass is 1120 g/mol. The van der Waals surface area contributed by atoms with Crippen LogP contribution in [0.3, 0.4) is 0 Å². The predicted molar refractivity (Wildman–Crippen MR) is 263 cm³/mol. The van der Waals surface area contributed by atoms with Crippen molar-refractivity contribution in [1.29, 1.82) is 0 Å². The molecule has 1 rings (SSSR count). The Morgan fingerprint density at radius 3 is 1.64 bits per heavy atom. The first-order valence-electron chi connectivity index (χ1n) is 24.9. The van der Waals surface area contributed by atoms with Crippen LogP contribution in [0.2, 0.25) is 0 Å². The molecule has 0 spiro atoms. The number of unbranched alkanes of at least 4 members (excludes halogenated alkanes) is 5. The van der Waals surface area contributed by atoms with E-state index in [9.17, 15) is 63.0 Å². The molecule has 1 fully saturated rings. The summed E-state index contributed by atoms with van der Waals surface area (Å²) in [6, 6.07) is -5.44. The fraction of sp³-hybridized carbons (Fsp3) is 0.766. The number of amides is 8. The van der Waals surface area contributed by atoms with E-state index in [2.05, 4.69) is 47.9 Å². The van der Waals surface area contributed by atoms with Gasteiger partial charge in [-0.15, -0.1) is 5.75 Å². The van der Waals surface area contributed by atoms with Crippen LogP contribution in [0, 0.1) is 11.8 Å². The van der Waals surface area contributed by atoms with Gasteiger partial charge in [0.25, 0.3) is 0 Å². The Labute approximate surface area is 453 Å². The molecular weight excluding hydrogens is 1040 g/mol. The van der Waals surface area contributed by atoms with Gasteiger partial charge in [0, 0.05) is 96.4 Å². The third kappa shape index (κ3) is 32.6. The SMILES string of the molecule is CNCCCCC(NC(=O)CCCCCNC(=O)C(C[S-])NC(=O)C(CCC(=O)O)NC(=O)CCCCCNC(=O)C1CCC(CNC(=O)CCC(NC(=O)NC(C)CCC(=O)O)C(=O)O)CC1)C(C)=O.[Y]. The minimum Gasteiger partial charge on any atom is -0.790 e. The van der Waals surface area contributed by atoms with Crippen LogP contribution in [0.4, 0.5) is 4.79 Å². The molecule has 0 bridgehead atoms. The molecule has 12 N–H and O–H groups in total. The Bertz CT molecular complexity index is 1740. The van der Waals surface area contributed by atoms with E-state index in [1.807, 2.05) is 7.05 Å². The Morgan fingerprint density at radius 2 is 1.08 bits per heavy atom. The number of carboxylic acids is 3. The molecule has 1 aliphatic carbocycles. The second kappa shape index (κ2) is 40.0. The van der Waals surface area contributed by atoms with Gasteiger partial charge in [0.05, 0.1) is 12.1 Å².